The van der Waals surface area contributed by atoms with E-state index in [1.807, 2.05) is 19.3 Å². The summed E-state index contributed by atoms with van der Waals surface area (Å²) in [7, 11) is 1.85. The lowest BCUT2D eigenvalue weighted by molar-refractivity contribution is 0.300. The van der Waals surface area contributed by atoms with E-state index in [0.717, 1.165) is 5.69 Å². The van der Waals surface area contributed by atoms with Gasteiger partial charge in [0.2, 0.25) is 0 Å². The molecule has 0 aliphatic carbocycles. The first-order valence-electron chi connectivity index (χ1n) is 5.31. The highest BCUT2D eigenvalue weighted by molar-refractivity contribution is 6.34. The number of nitrogens with zero attached hydrogens (tertiary/aromatic N) is 2. The van der Waals surface area contributed by atoms with E-state index >= 15 is 0 Å². The number of nitrogens with two attached hydrogens (primary N) is 1. The lowest BCUT2D eigenvalue weighted by atomic mass is 10.2. The zero-order valence-electron chi connectivity index (χ0n) is 9.85. The van der Waals surface area contributed by atoms with E-state index in [-0.39, 0.29) is 5.84 Å². The molecule has 1 aromatic carbocycles. The van der Waals surface area contributed by atoms with Gasteiger partial charge < -0.3 is 10.5 Å². The molecule has 2 aromatic rings. The van der Waals surface area contributed by atoms with Gasteiger partial charge in [-0.05, 0) is 24.3 Å². The fraction of sp³-hybridized carbons (Fsp3) is 0.167. The monoisotopic (exact) mass is 264 g/mol. The predicted molar refractivity (Wildman–Crippen MR) is 70.0 cm³/mol. The lowest BCUT2D eigenvalue weighted by Crippen LogP contribution is -2.11. The summed E-state index contributed by atoms with van der Waals surface area (Å²) in [4.78, 5) is 0. The fourth-order valence-electron chi connectivity index (χ4n) is 1.50. The molecule has 0 spiro atoms. The van der Waals surface area contributed by atoms with Crippen molar-refractivity contribution in [1.82, 2.24) is 9.78 Å². The number of hydrogen-bond donors (Lipinski definition) is 2. The maximum absolute atomic E-state index is 7.33. The Morgan fingerprint density at radius 2 is 2.28 bits per heavy atom. The van der Waals surface area contributed by atoms with Crippen molar-refractivity contribution in [3.8, 4) is 5.75 Å². The van der Waals surface area contributed by atoms with Crippen LogP contribution in [-0.2, 0) is 13.7 Å². The molecule has 0 saturated heterocycles. The van der Waals surface area contributed by atoms with Gasteiger partial charge in [0, 0.05) is 18.8 Å². The van der Waals surface area contributed by atoms with Gasteiger partial charge in [0.15, 0.2) is 0 Å². The second-order valence-corrected chi connectivity index (χ2v) is 4.23. The number of benzene rings is 1. The first-order valence-corrected chi connectivity index (χ1v) is 5.69. The summed E-state index contributed by atoms with van der Waals surface area (Å²) in [6.07, 6.45) is 1.85. The first-order chi connectivity index (χ1) is 8.56. The molecule has 0 radical (unpaired) electrons. The third-order valence-corrected chi connectivity index (χ3v) is 2.70. The fourth-order valence-corrected chi connectivity index (χ4v) is 1.77. The third-order valence-electron chi connectivity index (χ3n) is 2.39. The van der Waals surface area contributed by atoms with Crippen molar-refractivity contribution in [2.75, 3.05) is 0 Å². The normalized spacial score (nSPS) is 10.3. The molecule has 6 heteroatoms. The summed E-state index contributed by atoms with van der Waals surface area (Å²) in [5.41, 5.74) is 6.72. The summed E-state index contributed by atoms with van der Waals surface area (Å²) in [6.45, 7) is 0.372. The van der Waals surface area contributed by atoms with Crippen molar-refractivity contribution in [1.29, 1.82) is 5.41 Å². The van der Waals surface area contributed by atoms with E-state index in [1.54, 1.807) is 22.9 Å². The van der Waals surface area contributed by atoms with Crippen LogP contribution in [0.4, 0.5) is 0 Å². The molecule has 0 saturated carbocycles. The number of halogens is 1. The van der Waals surface area contributed by atoms with E-state index in [2.05, 4.69) is 5.10 Å². The van der Waals surface area contributed by atoms with Crippen molar-refractivity contribution >= 4 is 17.4 Å². The summed E-state index contributed by atoms with van der Waals surface area (Å²) < 4.78 is 7.26. The van der Waals surface area contributed by atoms with E-state index in [4.69, 9.17) is 27.5 Å². The topological polar surface area (TPSA) is 76.9 Å². The van der Waals surface area contributed by atoms with Crippen molar-refractivity contribution in [3.05, 3.63) is 46.7 Å². The second kappa shape index (κ2) is 5.10. The van der Waals surface area contributed by atoms with Crippen LogP contribution in [0.2, 0.25) is 5.02 Å². The summed E-state index contributed by atoms with van der Waals surface area (Å²) >= 11 is 5.99. The molecule has 0 fully saturated rings. The van der Waals surface area contributed by atoms with Crippen LogP contribution in [0.15, 0.2) is 30.5 Å². The highest BCUT2D eigenvalue weighted by atomic mass is 35.5. The van der Waals surface area contributed by atoms with Crippen molar-refractivity contribution in [2.45, 2.75) is 6.61 Å². The SMILES string of the molecule is Cn1ccc(COc2ccc(C(=N)N)c(Cl)c2)n1. The van der Waals surface area contributed by atoms with Crippen LogP contribution >= 0.6 is 11.6 Å². The second-order valence-electron chi connectivity index (χ2n) is 3.82. The average molecular weight is 265 g/mol. The number of ether oxygens (including phenoxy) is 1. The molecule has 5 nitrogen and oxygen atoms in total. The number of nitrogens with one attached hydrogen (secondary N) is 1. The summed E-state index contributed by atoms with van der Waals surface area (Å²) in [5, 5.41) is 11.9. The minimum atomic E-state index is -0.0590. The van der Waals surface area contributed by atoms with Crippen LogP contribution in [-0.4, -0.2) is 15.6 Å². The quantitative estimate of drug-likeness (QED) is 0.654. The molecular formula is C12H13ClN4O. The van der Waals surface area contributed by atoms with E-state index in [9.17, 15) is 0 Å². The minimum Gasteiger partial charge on any atom is -0.487 e. The Morgan fingerprint density at radius 1 is 1.50 bits per heavy atom. The molecule has 0 aliphatic heterocycles. The molecule has 2 rings (SSSR count). The molecule has 1 aromatic heterocycles. The minimum absolute atomic E-state index is 0.0590. The van der Waals surface area contributed by atoms with Gasteiger partial charge in [-0.3, -0.25) is 10.1 Å². The Bertz CT molecular complexity index is 579. The number of aromatic nitrogens is 2. The molecule has 1 heterocycles. The zero-order chi connectivity index (χ0) is 13.1. The molecule has 0 aliphatic rings. The van der Waals surface area contributed by atoms with Gasteiger partial charge in [0.05, 0.1) is 10.7 Å². The molecule has 0 unspecified atom stereocenters. The van der Waals surface area contributed by atoms with Gasteiger partial charge in [-0.1, -0.05) is 11.6 Å². The zero-order valence-corrected chi connectivity index (χ0v) is 10.6. The molecule has 0 amide bonds. The predicted octanol–water partition coefficient (Wildman–Crippen LogP) is 1.94. The Kier molecular flexibility index (Phi) is 3.53. The van der Waals surface area contributed by atoms with Crippen molar-refractivity contribution in [2.24, 2.45) is 12.8 Å². The lowest BCUT2D eigenvalue weighted by Gasteiger charge is -2.07. The summed E-state index contributed by atoms with van der Waals surface area (Å²) in [6, 6.07) is 6.91. The van der Waals surface area contributed by atoms with Gasteiger partial charge in [0.1, 0.15) is 18.2 Å². The van der Waals surface area contributed by atoms with Crippen LogP contribution in [0.25, 0.3) is 0 Å². The van der Waals surface area contributed by atoms with E-state index < -0.39 is 0 Å². The highest BCUT2D eigenvalue weighted by Crippen LogP contribution is 2.22. The summed E-state index contributed by atoms with van der Waals surface area (Å²) in [5.74, 6) is 0.562. The molecule has 3 N–H and O–H groups in total. The molecule has 0 atom stereocenters. The van der Waals surface area contributed by atoms with Gasteiger partial charge in [-0.15, -0.1) is 0 Å². The highest BCUT2D eigenvalue weighted by Gasteiger charge is 2.05. The average Bonchev–Trinajstić information content (AvgIpc) is 2.72. The molecule has 18 heavy (non-hydrogen) atoms. The number of nitrogen functional groups attached to an aromatic ring is 1. The maximum Gasteiger partial charge on any atom is 0.132 e. The van der Waals surface area contributed by atoms with Crippen LogP contribution in [0.1, 0.15) is 11.3 Å². The Hall–Kier alpha value is -2.01. The number of amidine groups is 1. The van der Waals surface area contributed by atoms with Gasteiger partial charge >= 0.3 is 0 Å². The van der Waals surface area contributed by atoms with Crippen LogP contribution < -0.4 is 10.5 Å². The van der Waals surface area contributed by atoms with Crippen LogP contribution in [0, 0.1) is 5.41 Å². The number of rotatable bonds is 4. The number of hydrogen-bond acceptors (Lipinski definition) is 3. The Morgan fingerprint density at radius 3 is 2.83 bits per heavy atom. The first kappa shape index (κ1) is 12.4. The van der Waals surface area contributed by atoms with Crippen molar-refractivity contribution in [3.63, 3.8) is 0 Å². The Balaban J connectivity index is 2.06. The van der Waals surface area contributed by atoms with Gasteiger partial charge in [-0.25, -0.2) is 0 Å². The maximum atomic E-state index is 7.33. The van der Waals surface area contributed by atoms with E-state index in [1.165, 1.54) is 0 Å². The van der Waals surface area contributed by atoms with Crippen LogP contribution in [0.3, 0.4) is 0 Å². The third kappa shape index (κ3) is 2.81. The molecule has 0 bridgehead atoms. The smallest absolute Gasteiger partial charge is 0.132 e. The van der Waals surface area contributed by atoms with Gasteiger partial charge in [0.25, 0.3) is 0 Å². The molecule has 94 valence electrons. The van der Waals surface area contributed by atoms with Crippen LogP contribution in [0.5, 0.6) is 5.75 Å². The largest absolute Gasteiger partial charge is 0.487 e. The Labute approximate surface area is 110 Å². The standard InChI is InChI=1S/C12H13ClN4O/c1-17-5-4-8(16-17)7-18-9-2-3-10(12(14)15)11(13)6-9/h2-6H,7H2,1H3,(H3,14,15). The van der Waals surface area contributed by atoms with Gasteiger partial charge in [-0.2, -0.15) is 5.10 Å². The van der Waals surface area contributed by atoms with E-state index in [0.29, 0.717) is 22.9 Å². The molecular weight excluding hydrogens is 252 g/mol. The number of aryl methyl sites for hydroxylation is 1. The van der Waals surface area contributed by atoms with Crippen molar-refractivity contribution < 1.29 is 4.74 Å².